The minimum Gasteiger partial charge on any atom is -0.494 e. The maximum absolute atomic E-state index is 12.1. The molecule has 2 rings (SSSR count). The fourth-order valence-electron chi connectivity index (χ4n) is 2.23. The first-order valence-corrected chi connectivity index (χ1v) is 7.24. The summed E-state index contributed by atoms with van der Waals surface area (Å²) in [5.74, 6) is 1.21. The average Bonchev–Trinajstić information content (AvgIpc) is 3.23. The minimum atomic E-state index is -0.376. The van der Waals surface area contributed by atoms with E-state index in [1.54, 1.807) is 11.9 Å². The van der Waals surface area contributed by atoms with Crippen LogP contribution in [0.4, 0.5) is 0 Å². The summed E-state index contributed by atoms with van der Waals surface area (Å²) in [6.07, 6.45) is 2.13. The van der Waals surface area contributed by atoms with E-state index in [0.29, 0.717) is 25.5 Å². The lowest BCUT2D eigenvalue weighted by molar-refractivity contribution is -0.130. The van der Waals surface area contributed by atoms with Gasteiger partial charge in [-0.25, -0.2) is 0 Å². The van der Waals surface area contributed by atoms with Gasteiger partial charge in [0.15, 0.2) is 0 Å². The highest BCUT2D eigenvalue weighted by atomic mass is 16.5. The van der Waals surface area contributed by atoms with Gasteiger partial charge in [0.1, 0.15) is 5.75 Å². The molecule has 0 heterocycles. The second-order valence-corrected chi connectivity index (χ2v) is 5.44. The van der Waals surface area contributed by atoms with Crippen molar-refractivity contribution in [3.8, 4) is 5.75 Å². The summed E-state index contributed by atoms with van der Waals surface area (Å²) in [7, 11) is 1.75. The van der Waals surface area contributed by atoms with Crippen molar-refractivity contribution in [2.24, 2.45) is 5.92 Å². The molecule has 0 spiro atoms. The van der Waals surface area contributed by atoms with Gasteiger partial charge < -0.3 is 14.7 Å². The zero-order valence-electron chi connectivity index (χ0n) is 12.2. The van der Waals surface area contributed by atoms with E-state index in [0.717, 1.165) is 24.2 Å². The van der Waals surface area contributed by atoms with Crippen LogP contribution in [0.5, 0.6) is 5.75 Å². The summed E-state index contributed by atoms with van der Waals surface area (Å²) in [5, 5.41) is 9.87. The Hall–Kier alpha value is -1.55. The zero-order chi connectivity index (χ0) is 14.5. The van der Waals surface area contributed by atoms with Gasteiger partial charge in [0.05, 0.1) is 19.1 Å². The van der Waals surface area contributed by atoms with Crippen molar-refractivity contribution in [3.63, 3.8) is 0 Å². The third-order valence-electron chi connectivity index (χ3n) is 3.62. The van der Waals surface area contributed by atoms with Crippen LogP contribution in [0.2, 0.25) is 0 Å². The highest BCUT2D eigenvalue weighted by Gasteiger charge is 2.31. The Balaban J connectivity index is 1.87. The van der Waals surface area contributed by atoms with E-state index in [4.69, 9.17) is 4.74 Å². The molecular weight excluding hydrogens is 254 g/mol. The number of hydrogen-bond donors (Lipinski definition) is 1. The number of rotatable bonds is 7. The van der Waals surface area contributed by atoms with Crippen molar-refractivity contribution in [3.05, 3.63) is 29.8 Å². The molecule has 1 aliphatic carbocycles. The second kappa shape index (κ2) is 6.75. The highest BCUT2D eigenvalue weighted by molar-refractivity contribution is 5.78. The Bertz CT molecular complexity index is 457. The molecule has 1 saturated carbocycles. The highest BCUT2D eigenvalue weighted by Crippen LogP contribution is 2.32. The smallest absolute Gasteiger partial charge is 0.226 e. The number of aliphatic hydroxyl groups is 1. The molecular formula is C16H23NO3. The summed E-state index contributed by atoms with van der Waals surface area (Å²) in [6, 6.07) is 7.60. The van der Waals surface area contributed by atoms with Gasteiger partial charge in [-0.05, 0) is 43.4 Å². The van der Waals surface area contributed by atoms with Crippen molar-refractivity contribution in [1.82, 2.24) is 4.90 Å². The summed E-state index contributed by atoms with van der Waals surface area (Å²) < 4.78 is 5.43. The number of carbonyl (C=O) groups is 1. The predicted molar refractivity (Wildman–Crippen MR) is 77.7 cm³/mol. The maximum atomic E-state index is 12.1. The number of amides is 1. The van der Waals surface area contributed by atoms with E-state index in [-0.39, 0.29) is 12.0 Å². The largest absolute Gasteiger partial charge is 0.494 e. The Morgan fingerprint density at radius 2 is 2.25 bits per heavy atom. The average molecular weight is 277 g/mol. The molecule has 1 unspecified atom stereocenters. The molecule has 4 nitrogen and oxygen atoms in total. The number of benzene rings is 1. The molecule has 110 valence electrons. The molecule has 1 aliphatic rings. The van der Waals surface area contributed by atoms with E-state index in [1.165, 1.54) is 0 Å². The number of likely N-dealkylation sites (N-methyl/N-ethyl adjacent to an activating group) is 1. The molecule has 4 heteroatoms. The van der Waals surface area contributed by atoms with Crippen LogP contribution in [0.15, 0.2) is 24.3 Å². The van der Waals surface area contributed by atoms with Crippen LogP contribution in [-0.4, -0.2) is 42.2 Å². The number of hydrogen-bond acceptors (Lipinski definition) is 3. The van der Waals surface area contributed by atoms with Crippen LogP contribution >= 0.6 is 0 Å². The van der Waals surface area contributed by atoms with Gasteiger partial charge in [0.25, 0.3) is 0 Å². The molecule has 0 radical (unpaired) electrons. The lowest BCUT2D eigenvalue weighted by atomic mass is 10.1. The van der Waals surface area contributed by atoms with Crippen molar-refractivity contribution in [1.29, 1.82) is 0 Å². The third-order valence-corrected chi connectivity index (χ3v) is 3.62. The topological polar surface area (TPSA) is 49.8 Å². The van der Waals surface area contributed by atoms with E-state index < -0.39 is 0 Å². The second-order valence-electron chi connectivity index (χ2n) is 5.44. The molecule has 1 aromatic carbocycles. The van der Waals surface area contributed by atoms with Gasteiger partial charge in [-0.1, -0.05) is 12.1 Å². The number of ether oxygens (including phenoxy) is 1. The van der Waals surface area contributed by atoms with Crippen molar-refractivity contribution in [2.75, 3.05) is 20.2 Å². The molecule has 1 amide bonds. The number of carbonyl (C=O) groups excluding carboxylic acids is 1. The van der Waals surface area contributed by atoms with Gasteiger partial charge in [-0.3, -0.25) is 4.79 Å². The van der Waals surface area contributed by atoms with E-state index >= 15 is 0 Å². The molecule has 0 bridgehead atoms. The Morgan fingerprint density at radius 3 is 2.90 bits per heavy atom. The quantitative estimate of drug-likeness (QED) is 0.827. The first-order valence-electron chi connectivity index (χ1n) is 7.24. The minimum absolute atomic E-state index is 0.0262. The molecule has 1 aromatic rings. The third kappa shape index (κ3) is 4.23. The normalized spacial score (nSPS) is 15.8. The zero-order valence-corrected chi connectivity index (χ0v) is 12.2. The first-order chi connectivity index (χ1) is 9.60. The van der Waals surface area contributed by atoms with E-state index in [9.17, 15) is 9.90 Å². The van der Waals surface area contributed by atoms with E-state index in [2.05, 4.69) is 0 Å². The molecule has 1 fully saturated rings. The molecule has 0 saturated heterocycles. The maximum Gasteiger partial charge on any atom is 0.226 e. The predicted octanol–water partition coefficient (Wildman–Crippen LogP) is 1.86. The lowest BCUT2D eigenvalue weighted by Crippen LogP contribution is -2.36. The SMILES string of the molecule is CCOc1cccc(CC(=O)N(C)CC(O)C2CC2)c1. The molecule has 0 aliphatic heterocycles. The number of nitrogens with zero attached hydrogens (tertiary/aromatic N) is 1. The lowest BCUT2D eigenvalue weighted by Gasteiger charge is -2.21. The first kappa shape index (κ1) is 14.9. The fourth-order valence-corrected chi connectivity index (χ4v) is 2.23. The van der Waals surface area contributed by atoms with Gasteiger partial charge in [0, 0.05) is 13.6 Å². The number of aliphatic hydroxyl groups excluding tert-OH is 1. The van der Waals surface area contributed by atoms with Crippen LogP contribution in [-0.2, 0) is 11.2 Å². The molecule has 1 N–H and O–H groups in total. The standard InChI is InChI=1S/C16H23NO3/c1-3-20-14-6-4-5-12(9-14)10-16(19)17(2)11-15(18)13-7-8-13/h4-6,9,13,15,18H,3,7-8,10-11H2,1-2H3. The van der Waals surface area contributed by atoms with Crippen LogP contribution < -0.4 is 4.74 Å². The van der Waals surface area contributed by atoms with Gasteiger partial charge >= 0.3 is 0 Å². The molecule has 20 heavy (non-hydrogen) atoms. The Morgan fingerprint density at radius 1 is 1.50 bits per heavy atom. The Labute approximate surface area is 120 Å². The Kier molecular flexibility index (Phi) is 5.01. The van der Waals surface area contributed by atoms with Crippen molar-refractivity contribution in [2.45, 2.75) is 32.3 Å². The summed E-state index contributed by atoms with van der Waals surface area (Å²) in [6.45, 7) is 2.98. The van der Waals surface area contributed by atoms with Crippen LogP contribution in [0.1, 0.15) is 25.3 Å². The van der Waals surface area contributed by atoms with Crippen molar-refractivity contribution >= 4 is 5.91 Å². The summed E-state index contributed by atoms with van der Waals surface area (Å²) in [4.78, 5) is 13.8. The fraction of sp³-hybridized carbons (Fsp3) is 0.562. The van der Waals surface area contributed by atoms with Gasteiger partial charge in [-0.2, -0.15) is 0 Å². The van der Waals surface area contributed by atoms with Crippen LogP contribution in [0, 0.1) is 5.92 Å². The summed E-state index contributed by atoms with van der Waals surface area (Å²) >= 11 is 0. The van der Waals surface area contributed by atoms with Crippen molar-refractivity contribution < 1.29 is 14.6 Å². The monoisotopic (exact) mass is 277 g/mol. The van der Waals surface area contributed by atoms with Crippen LogP contribution in [0.25, 0.3) is 0 Å². The molecule has 0 aromatic heterocycles. The summed E-state index contributed by atoms with van der Waals surface area (Å²) in [5.41, 5.74) is 0.939. The van der Waals surface area contributed by atoms with E-state index in [1.807, 2.05) is 31.2 Å². The molecule has 1 atom stereocenters. The van der Waals surface area contributed by atoms with Gasteiger partial charge in [-0.15, -0.1) is 0 Å². The van der Waals surface area contributed by atoms with Crippen LogP contribution in [0.3, 0.4) is 0 Å². The van der Waals surface area contributed by atoms with Gasteiger partial charge in [0.2, 0.25) is 5.91 Å².